The molecular formula is C19H16N2. The second-order valence-corrected chi connectivity index (χ2v) is 5.09. The Labute approximate surface area is 124 Å². The molecule has 21 heavy (non-hydrogen) atoms. The molecule has 0 amide bonds. The standard InChI is InChI=1S/C19H16N2/c1-3-4-8-15-12(2)14-11-10-13-7-5-6-9-16(13)17(14)19(21)18(15)20/h3-11,20-21H,1H2,2H3/b8-4-,20-18?,21-19?. The number of rotatable bonds is 2. The first-order valence-electron chi connectivity index (χ1n) is 6.85. The van der Waals surface area contributed by atoms with Gasteiger partial charge in [-0.05, 0) is 28.8 Å². The number of hydrogen-bond donors (Lipinski definition) is 2. The van der Waals surface area contributed by atoms with Gasteiger partial charge in [-0.2, -0.15) is 0 Å². The third kappa shape index (κ3) is 1.96. The third-order valence-electron chi connectivity index (χ3n) is 3.91. The van der Waals surface area contributed by atoms with E-state index < -0.39 is 0 Å². The van der Waals surface area contributed by atoms with Crippen LogP contribution < -0.4 is 0 Å². The highest BCUT2D eigenvalue weighted by molar-refractivity contribution is 6.56. The van der Waals surface area contributed by atoms with Crippen LogP contribution in [0, 0.1) is 10.8 Å². The van der Waals surface area contributed by atoms with E-state index in [1.54, 1.807) is 6.08 Å². The summed E-state index contributed by atoms with van der Waals surface area (Å²) in [5.74, 6) is 0. The van der Waals surface area contributed by atoms with Gasteiger partial charge in [0.05, 0.1) is 11.4 Å². The van der Waals surface area contributed by atoms with Crippen LogP contribution in [0.25, 0.3) is 16.3 Å². The fourth-order valence-electron chi connectivity index (χ4n) is 2.82. The molecule has 0 spiro atoms. The summed E-state index contributed by atoms with van der Waals surface area (Å²) in [6.45, 7) is 5.68. The van der Waals surface area contributed by atoms with Crippen LogP contribution in [-0.4, -0.2) is 11.4 Å². The smallest absolute Gasteiger partial charge is 0.0880 e. The minimum atomic E-state index is 0.273. The van der Waals surface area contributed by atoms with Crippen molar-refractivity contribution in [1.82, 2.24) is 0 Å². The summed E-state index contributed by atoms with van der Waals surface area (Å²) >= 11 is 0. The molecule has 2 nitrogen and oxygen atoms in total. The largest absolute Gasteiger partial charge is 0.298 e. The molecule has 0 bridgehead atoms. The fraction of sp³-hybridized carbons (Fsp3) is 0.0526. The summed E-state index contributed by atoms with van der Waals surface area (Å²) in [7, 11) is 0. The van der Waals surface area contributed by atoms with Crippen molar-refractivity contribution in [3.8, 4) is 0 Å². The number of benzene rings is 2. The van der Waals surface area contributed by atoms with Crippen LogP contribution in [0.4, 0.5) is 0 Å². The van der Waals surface area contributed by atoms with E-state index in [0.29, 0.717) is 0 Å². The summed E-state index contributed by atoms with van der Waals surface area (Å²) in [5, 5.41) is 18.8. The number of allylic oxidation sites excluding steroid dienone is 5. The second-order valence-electron chi connectivity index (χ2n) is 5.09. The average Bonchev–Trinajstić information content (AvgIpc) is 2.52. The summed E-state index contributed by atoms with van der Waals surface area (Å²) in [6, 6.07) is 12.2. The van der Waals surface area contributed by atoms with E-state index in [4.69, 9.17) is 10.8 Å². The number of hydrogen-bond acceptors (Lipinski definition) is 2. The van der Waals surface area contributed by atoms with E-state index in [9.17, 15) is 0 Å². The van der Waals surface area contributed by atoms with Gasteiger partial charge >= 0.3 is 0 Å². The third-order valence-corrected chi connectivity index (χ3v) is 3.91. The van der Waals surface area contributed by atoms with Gasteiger partial charge in [0, 0.05) is 11.1 Å². The molecule has 2 N–H and O–H groups in total. The molecule has 0 saturated heterocycles. The topological polar surface area (TPSA) is 47.7 Å². The van der Waals surface area contributed by atoms with Gasteiger partial charge in [0.2, 0.25) is 0 Å². The van der Waals surface area contributed by atoms with Gasteiger partial charge in [-0.15, -0.1) is 0 Å². The highest BCUT2D eigenvalue weighted by Crippen LogP contribution is 2.34. The molecule has 3 rings (SSSR count). The van der Waals surface area contributed by atoms with Gasteiger partial charge in [0.1, 0.15) is 0 Å². The van der Waals surface area contributed by atoms with E-state index in [1.165, 1.54) is 0 Å². The van der Waals surface area contributed by atoms with Gasteiger partial charge < -0.3 is 0 Å². The molecule has 2 aromatic rings. The molecule has 0 fully saturated rings. The molecule has 2 aromatic carbocycles. The number of fused-ring (bicyclic) bond motifs is 3. The van der Waals surface area contributed by atoms with Crippen LogP contribution in [0.1, 0.15) is 18.1 Å². The van der Waals surface area contributed by atoms with Crippen LogP contribution in [0.15, 0.2) is 66.8 Å². The van der Waals surface area contributed by atoms with Gasteiger partial charge in [-0.3, -0.25) is 10.8 Å². The zero-order chi connectivity index (χ0) is 15.0. The van der Waals surface area contributed by atoms with Gasteiger partial charge in [0.15, 0.2) is 0 Å². The lowest BCUT2D eigenvalue weighted by Crippen LogP contribution is -2.22. The van der Waals surface area contributed by atoms with Crippen LogP contribution in [0.3, 0.4) is 0 Å². The first-order chi connectivity index (χ1) is 10.1. The maximum Gasteiger partial charge on any atom is 0.0880 e. The van der Waals surface area contributed by atoms with Crippen molar-refractivity contribution in [2.24, 2.45) is 0 Å². The lowest BCUT2D eigenvalue weighted by molar-refractivity contribution is 1.42. The normalized spacial score (nSPS) is 14.9. The summed E-state index contributed by atoms with van der Waals surface area (Å²) in [6.07, 6.45) is 5.36. The lowest BCUT2D eigenvalue weighted by atomic mass is 9.81. The first kappa shape index (κ1) is 13.3. The van der Waals surface area contributed by atoms with E-state index in [0.717, 1.165) is 33.0 Å². The van der Waals surface area contributed by atoms with Crippen molar-refractivity contribution in [3.05, 3.63) is 77.9 Å². The molecule has 0 radical (unpaired) electrons. The van der Waals surface area contributed by atoms with Crippen LogP contribution in [0.5, 0.6) is 0 Å². The SMILES string of the molecule is C=C/C=C\C1=C(C)c2ccc3ccccc3c2C(=N)C1=N. The maximum atomic E-state index is 8.40. The Balaban J connectivity index is 2.37. The molecule has 0 aromatic heterocycles. The zero-order valence-corrected chi connectivity index (χ0v) is 11.9. The molecule has 0 heterocycles. The predicted molar refractivity (Wildman–Crippen MR) is 90.4 cm³/mol. The Hall–Kier alpha value is -2.74. The summed E-state index contributed by atoms with van der Waals surface area (Å²) in [5.41, 5.74) is 4.30. The molecular weight excluding hydrogens is 256 g/mol. The summed E-state index contributed by atoms with van der Waals surface area (Å²) < 4.78 is 0. The van der Waals surface area contributed by atoms with Crippen molar-refractivity contribution in [3.63, 3.8) is 0 Å². The van der Waals surface area contributed by atoms with Gasteiger partial charge in [-0.1, -0.05) is 61.2 Å². The summed E-state index contributed by atoms with van der Waals surface area (Å²) in [4.78, 5) is 0. The molecule has 2 heteroatoms. The molecule has 102 valence electrons. The van der Waals surface area contributed by atoms with Gasteiger partial charge in [-0.25, -0.2) is 0 Å². The lowest BCUT2D eigenvalue weighted by Gasteiger charge is -2.23. The van der Waals surface area contributed by atoms with Gasteiger partial charge in [0.25, 0.3) is 0 Å². The Bertz CT molecular complexity index is 851. The highest BCUT2D eigenvalue weighted by atomic mass is 14.6. The van der Waals surface area contributed by atoms with E-state index in [2.05, 4.69) is 18.7 Å². The maximum absolute atomic E-state index is 8.40. The van der Waals surface area contributed by atoms with Crippen molar-refractivity contribution in [2.75, 3.05) is 0 Å². The highest BCUT2D eigenvalue weighted by Gasteiger charge is 2.25. The van der Waals surface area contributed by atoms with Crippen LogP contribution in [0.2, 0.25) is 0 Å². The monoisotopic (exact) mass is 272 g/mol. The number of nitrogens with one attached hydrogen (secondary N) is 2. The van der Waals surface area contributed by atoms with Crippen molar-refractivity contribution < 1.29 is 0 Å². The second kappa shape index (κ2) is 4.98. The molecule has 0 aliphatic heterocycles. The van der Waals surface area contributed by atoms with Crippen molar-refractivity contribution in [2.45, 2.75) is 6.92 Å². The zero-order valence-electron chi connectivity index (χ0n) is 11.9. The molecule has 1 aliphatic carbocycles. The fourth-order valence-corrected chi connectivity index (χ4v) is 2.82. The van der Waals surface area contributed by atoms with Crippen LogP contribution in [-0.2, 0) is 0 Å². The average molecular weight is 272 g/mol. The van der Waals surface area contributed by atoms with E-state index >= 15 is 0 Å². The molecule has 1 aliphatic rings. The predicted octanol–water partition coefficient (Wildman–Crippen LogP) is 4.76. The van der Waals surface area contributed by atoms with Crippen molar-refractivity contribution >= 4 is 27.8 Å². The minimum Gasteiger partial charge on any atom is -0.298 e. The van der Waals surface area contributed by atoms with Crippen LogP contribution >= 0.6 is 0 Å². The Kier molecular flexibility index (Phi) is 3.15. The van der Waals surface area contributed by atoms with E-state index in [-0.39, 0.29) is 11.4 Å². The Morgan fingerprint density at radius 1 is 1.00 bits per heavy atom. The quantitative estimate of drug-likeness (QED) is 0.741. The molecule has 0 atom stereocenters. The Morgan fingerprint density at radius 3 is 2.52 bits per heavy atom. The van der Waals surface area contributed by atoms with Crippen molar-refractivity contribution in [1.29, 1.82) is 10.8 Å². The first-order valence-corrected chi connectivity index (χ1v) is 6.85. The molecule has 0 saturated carbocycles. The molecule has 0 unspecified atom stereocenters. The minimum absolute atomic E-state index is 0.273. The van der Waals surface area contributed by atoms with E-state index in [1.807, 2.05) is 43.3 Å². The Morgan fingerprint density at radius 2 is 1.76 bits per heavy atom.